The first-order chi connectivity index (χ1) is 9.07. The van der Waals surface area contributed by atoms with Crippen LogP contribution in [0, 0.1) is 0 Å². The van der Waals surface area contributed by atoms with Crippen molar-refractivity contribution in [2.24, 2.45) is 5.73 Å². The number of hydrogen-bond acceptors (Lipinski definition) is 3. The lowest BCUT2D eigenvalue weighted by Crippen LogP contribution is -2.57. The smallest absolute Gasteiger partial charge is 0.382 e. The summed E-state index contributed by atoms with van der Waals surface area (Å²) in [7, 11) is 0. The summed E-state index contributed by atoms with van der Waals surface area (Å²) >= 11 is 0. The predicted molar refractivity (Wildman–Crippen MR) is 74.0 cm³/mol. The fourth-order valence-electron chi connectivity index (χ4n) is 2.65. The number of ketones is 1. The van der Waals surface area contributed by atoms with Crippen LogP contribution in [0.1, 0.15) is 37.3 Å². The number of aliphatic hydroxyl groups is 1. The fourth-order valence-corrected chi connectivity index (χ4v) is 2.65. The number of hydrogen-bond donors (Lipinski definition) is 2. The van der Waals surface area contributed by atoms with Crippen molar-refractivity contribution >= 4 is 18.2 Å². The van der Waals surface area contributed by atoms with Gasteiger partial charge in [0.15, 0.2) is 5.78 Å². The van der Waals surface area contributed by atoms with Crippen LogP contribution in [0.5, 0.6) is 0 Å². The first-order valence-electron chi connectivity index (χ1n) is 6.31. The lowest BCUT2D eigenvalue weighted by Gasteiger charge is -2.40. The number of nitrogens with two attached hydrogens (primary N) is 1. The minimum atomic E-state index is -4.43. The quantitative estimate of drug-likeness (QED) is 0.835. The van der Waals surface area contributed by atoms with Gasteiger partial charge in [0, 0.05) is 0 Å². The van der Waals surface area contributed by atoms with Gasteiger partial charge in [-0.05, 0) is 43.9 Å². The van der Waals surface area contributed by atoms with Crippen molar-refractivity contribution in [3.8, 4) is 0 Å². The number of benzene rings is 1. The molecule has 1 aliphatic carbocycles. The van der Waals surface area contributed by atoms with Crippen LogP contribution in [-0.2, 0) is 16.5 Å². The van der Waals surface area contributed by atoms with Crippen LogP contribution >= 0.6 is 12.4 Å². The maximum atomic E-state index is 12.5. The Labute approximate surface area is 126 Å². The standard InChI is InChI=1S/C14H16F3NO2.ClH/c1-12(20)7-2-8-13(18,11(12)19)9-3-5-10(6-4-9)14(15,16)17;/h3-6,20H,2,7-8,18H2,1H3;1H/t12-,13+;/m0./s1. The van der Waals surface area contributed by atoms with E-state index in [4.69, 9.17) is 5.73 Å². The molecule has 0 aromatic heterocycles. The SMILES string of the molecule is C[C@]1(O)CCC[C@@](N)(c2ccc(C(F)(F)F)cc2)C1=O.Cl. The normalized spacial score (nSPS) is 29.9. The van der Waals surface area contributed by atoms with Gasteiger partial charge in [-0.25, -0.2) is 0 Å². The number of carbonyl (C=O) groups is 1. The minimum Gasteiger partial charge on any atom is -0.382 e. The van der Waals surface area contributed by atoms with Gasteiger partial charge < -0.3 is 10.8 Å². The molecule has 1 saturated carbocycles. The van der Waals surface area contributed by atoms with Crippen molar-refractivity contribution < 1.29 is 23.1 Å². The van der Waals surface area contributed by atoms with Crippen LogP contribution < -0.4 is 5.73 Å². The number of rotatable bonds is 1. The molecule has 0 radical (unpaired) electrons. The van der Waals surface area contributed by atoms with E-state index in [2.05, 4.69) is 0 Å². The van der Waals surface area contributed by atoms with E-state index in [1.54, 1.807) is 0 Å². The van der Waals surface area contributed by atoms with E-state index in [9.17, 15) is 23.1 Å². The van der Waals surface area contributed by atoms with E-state index in [1.165, 1.54) is 19.1 Å². The summed E-state index contributed by atoms with van der Waals surface area (Å²) in [4.78, 5) is 12.3. The molecule has 0 aliphatic heterocycles. The van der Waals surface area contributed by atoms with Crippen molar-refractivity contribution in [2.45, 2.75) is 43.5 Å². The molecular weight excluding hydrogens is 307 g/mol. The Morgan fingerprint density at radius 2 is 1.71 bits per heavy atom. The Bertz CT molecular complexity index is 528. The van der Waals surface area contributed by atoms with E-state index in [-0.39, 0.29) is 12.4 Å². The molecule has 21 heavy (non-hydrogen) atoms. The Morgan fingerprint density at radius 1 is 1.19 bits per heavy atom. The number of Topliss-reactive ketones (excluding diaryl/α,β-unsaturated/α-hetero) is 1. The van der Waals surface area contributed by atoms with Crippen molar-refractivity contribution in [1.29, 1.82) is 0 Å². The van der Waals surface area contributed by atoms with Crippen LogP contribution in [0.25, 0.3) is 0 Å². The van der Waals surface area contributed by atoms with Gasteiger partial charge in [-0.15, -0.1) is 12.4 Å². The predicted octanol–water partition coefficient (Wildman–Crippen LogP) is 2.79. The van der Waals surface area contributed by atoms with Gasteiger partial charge >= 0.3 is 6.18 Å². The molecule has 0 heterocycles. The molecule has 3 N–H and O–H groups in total. The summed E-state index contributed by atoms with van der Waals surface area (Å²) in [5.41, 5.74) is 2.62. The van der Waals surface area contributed by atoms with Crippen molar-refractivity contribution in [2.75, 3.05) is 0 Å². The average Bonchev–Trinajstić information content (AvgIpc) is 2.35. The zero-order chi connectivity index (χ0) is 15.2. The third-order valence-corrected chi connectivity index (χ3v) is 3.86. The van der Waals surface area contributed by atoms with Crippen LogP contribution in [0.2, 0.25) is 0 Å². The molecule has 0 amide bonds. The summed E-state index contributed by atoms with van der Waals surface area (Å²) in [5.74, 6) is -0.545. The second-order valence-electron chi connectivity index (χ2n) is 5.50. The van der Waals surface area contributed by atoms with Crippen molar-refractivity contribution in [3.63, 3.8) is 0 Å². The molecule has 1 aromatic rings. The zero-order valence-electron chi connectivity index (χ0n) is 11.4. The van der Waals surface area contributed by atoms with Crippen LogP contribution in [0.15, 0.2) is 24.3 Å². The molecule has 0 bridgehead atoms. The van der Waals surface area contributed by atoms with Gasteiger partial charge in [-0.3, -0.25) is 4.79 Å². The van der Waals surface area contributed by atoms with Crippen LogP contribution in [0.4, 0.5) is 13.2 Å². The lowest BCUT2D eigenvalue weighted by atomic mass is 9.70. The van der Waals surface area contributed by atoms with E-state index >= 15 is 0 Å². The Kier molecular flexibility index (Phi) is 4.77. The molecule has 0 unspecified atom stereocenters. The molecule has 118 valence electrons. The minimum absolute atomic E-state index is 0. The zero-order valence-corrected chi connectivity index (χ0v) is 12.2. The average molecular weight is 324 g/mol. The van der Waals surface area contributed by atoms with Gasteiger partial charge in [0.1, 0.15) is 11.1 Å². The highest BCUT2D eigenvalue weighted by molar-refractivity contribution is 5.96. The molecule has 1 fully saturated rings. The van der Waals surface area contributed by atoms with Crippen molar-refractivity contribution in [1.82, 2.24) is 0 Å². The van der Waals surface area contributed by atoms with Gasteiger partial charge in [-0.1, -0.05) is 12.1 Å². The number of halogens is 4. The maximum Gasteiger partial charge on any atom is 0.416 e. The largest absolute Gasteiger partial charge is 0.416 e. The summed E-state index contributed by atoms with van der Waals surface area (Å²) < 4.78 is 37.6. The molecule has 2 rings (SSSR count). The topological polar surface area (TPSA) is 63.3 Å². The monoisotopic (exact) mass is 323 g/mol. The second-order valence-corrected chi connectivity index (χ2v) is 5.50. The van der Waals surface area contributed by atoms with Gasteiger partial charge in [0.25, 0.3) is 0 Å². The summed E-state index contributed by atoms with van der Waals surface area (Å²) in [6.07, 6.45) is -3.27. The highest BCUT2D eigenvalue weighted by atomic mass is 35.5. The first-order valence-corrected chi connectivity index (χ1v) is 6.31. The van der Waals surface area contributed by atoms with Gasteiger partial charge in [0.05, 0.1) is 5.56 Å². The third kappa shape index (κ3) is 3.22. The van der Waals surface area contributed by atoms with Crippen molar-refractivity contribution in [3.05, 3.63) is 35.4 Å². The van der Waals surface area contributed by atoms with E-state index < -0.39 is 28.7 Å². The summed E-state index contributed by atoms with van der Waals surface area (Å²) in [5, 5.41) is 10.0. The molecule has 0 saturated heterocycles. The Morgan fingerprint density at radius 3 is 2.19 bits per heavy atom. The Hall–Kier alpha value is -1.11. The molecular formula is C14H17ClF3NO2. The highest BCUT2D eigenvalue weighted by Crippen LogP contribution is 2.38. The van der Waals surface area contributed by atoms with Crippen LogP contribution in [-0.4, -0.2) is 16.5 Å². The molecule has 1 aromatic carbocycles. The molecule has 7 heteroatoms. The molecule has 2 atom stereocenters. The first kappa shape index (κ1) is 17.9. The molecule has 1 aliphatic rings. The van der Waals surface area contributed by atoms with Crippen LogP contribution in [0.3, 0.4) is 0 Å². The van der Waals surface area contributed by atoms with E-state index in [1.807, 2.05) is 0 Å². The summed E-state index contributed by atoms with van der Waals surface area (Å²) in [6, 6.07) is 4.23. The molecule has 0 spiro atoms. The lowest BCUT2D eigenvalue weighted by molar-refractivity contribution is -0.146. The fraction of sp³-hybridized carbons (Fsp3) is 0.500. The van der Waals surface area contributed by atoms with Gasteiger partial charge in [-0.2, -0.15) is 13.2 Å². The Balaban J connectivity index is 0.00000220. The number of alkyl halides is 3. The highest BCUT2D eigenvalue weighted by Gasteiger charge is 2.48. The number of carbonyl (C=O) groups excluding carboxylic acids is 1. The second kappa shape index (κ2) is 5.59. The molecule has 3 nitrogen and oxygen atoms in total. The maximum absolute atomic E-state index is 12.5. The summed E-state index contributed by atoms with van der Waals surface area (Å²) in [6.45, 7) is 1.39. The van der Waals surface area contributed by atoms with Gasteiger partial charge in [0.2, 0.25) is 0 Å². The third-order valence-electron chi connectivity index (χ3n) is 3.86. The van der Waals surface area contributed by atoms with E-state index in [0.717, 1.165) is 12.1 Å². The van der Waals surface area contributed by atoms with E-state index in [0.29, 0.717) is 24.8 Å².